The number of likely N-dealkylation sites (N-methyl/N-ethyl adjacent to an activating group) is 1. The van der Waals surface area contributed by atoms with E-state index < -0.39 is 26.6 Å². The monoisotopic (exact) mass is 437 g/mol. The van der Waals surface area contributed by atoms with Gasteiger partial charge >= 0.3 is 0 Å². The average molecular weight is 438 g/mol. The van der Waals surface area contributed by atoms with E-state index >= 15 is 0 Å². The molecule has 0 aliphatic carbocycles. The molecule has 2 aliphatic heterocycles. The van der Waals surface area contributed by atoms with Crippen LogP contribution < -0.4 is 9.62 Å². The molecule has 1 N–H and O–H groups in total. The Hall–Kier alpha value is -2.07. The third-order valence-corrected chi connectivity index (χ3v) is 7.21. The van der Waals surface area contributed by atoms with Gasteiger partial charge in [-0.25, -0.2) is 21.9 Å². The second kappa shape index (κ2) is 8.58. The Labute approximate surface area is 175 Å². The summed E-state index contributed by atoms with van der Waals surface area (Å²) in [5.74, 6) is -1.92. The highest BCUT2D eigenvalue weighted by atomic mass is 32.2. The molecule has 0 amide bonds. The van der Waals surface area contributed by atoms with E-state index in [1.165, 1.54) is 11.3 Å². The van der Waals surface area contributed by atoms with Crippen molar-refractivity contribution < 1.29 is 21.9 Å². The van der Waals surface area contributed by atoms with Crippen molar-refractivity contribution in [1.29, 1.82) is 0 Å². The zero-order valence-electron chi connectivity index (χ0n) is 16.8. The molecule has 2 aromatic carbocycles. The number of hydrogen-bond acceptors (Lipinski definition) is 5. The average Bonchev–Trinajstić information content (AvgIpc) is 3.09. The zero-order chi connectivity index (χ0) is 21.3. The summed E-state index contributed by atoms with van der Waals surface area (Å²) in [6, 6.07) is 8.46. The topological polar surface area (TPSA) is 61.9 Å². The van der Waals surface area contributed by atoms with E-state index in [4.69, 9.17) is 4.74 Å². The lowest BCUT2D eigenvalue weighted by Gasteiger charge is -2.35. The zero-order valence-corrected chi connectivity index (χ0v) is 17.6. The van der Waals surface area contributed by atoms with Crippen LogP contribution in [-0.2, 0) is 21.2 Å². The minimum absolute atomic E-state index is 0.0772. The number of morpholine rings is 1. The van der Waals surface area contributed by atoms with Crippen LogP contribution in [0.3, 0.4) is 0 Å². The van der Waals surface area contributed by atoms with E-state index in [0.29, 0.717) is 32.4 Å². The molecule has 0 unspecified atom stereocenters. The van der Waals surface area contributed by atoms with Gasteiger partial charge in [0.25, 0.3) is 0 Å². The van der Waals surface area contributed by atoms with Gasteiger partial charge in [0.05, 0.1) is 13.2 Å². The highest BCUT2D eigenvalue weighted by Gasteiger charge is 2.28. The molecule has 9 heteroatoms. The van der Waals surface area contributed by atoms with Crippen LogP contribution in [0.1, 0.15) is 17.2 Å². The summed E-state index contributed by atoms with van der Waals surface area (Å²) in [7, 11) is -2.08. The van der Waals surface area contributed by atoms with Crippen LogP contribution >= 0.6 is 0 Å². The summed E-state index contributed by atoms with van der Waals surface area (Å²) in [4.78, 5) is 3.82. The first kappa shape index (κ1) is 21.2. The summed E-state index contributed by atoms with van der Waals surface area (Å²) in [5, 5.41) is 0. The number of sulfonamides is 1. The number of nitrogens with one attached hydrogen (secondary N) is 1. The van der Waals surface area contributed by atoms with Gasteiger partial charge in [0.2, 0.25) is 10.0 Å². The lowest BCUT2D eigenvalue weighted by Crippen LogP contribution is -2.43. The number of hydrogen-bond donors (Lipinski definition) is 1. The van der Waals surface area contributed by atoms with Crippen molar-refractivity contribution in [3.63, 3.8) is 0 Å². The van der Waals surface area contributed by atoms with Gasteiger partial charge in [-0.1, -0.05) is 12.1 Å². The molecule has 0 bridgehead atoms. The smallest absolute Gasteiger partial charge is 0.243 e. The van der Waals surface area contributed by atoms with Crippen molar-refractivity contribution in [3.8, 4) is 0 Å². The molecule has 0 aromatic heterocycles. The molecule has 1 saturated heterocycles. The first-order chi connectivity index (χ1) is 14.3. The fraction of sp³-hybridized carbons (Fsp3) is 0.429. The number of ether oxygens (including phenoxy) is 1. The maximum Gasteiger partial charge on any atom is 0.243 e. The van der Waals surface area contributed by atoms with E-state index in [1.54, 1.807) is 0 Å². The molecule has 1 atom stereocenters. The van der Waals surface area contributed by atoms with Gasteiger partial charge in [-0.2, -0.15) is 0 Å². The molecule has 0 spiro atoms. The fourth-order valence-electron chi connectivity index (χ4n) is 4.10. The van der Waals surface area contributed by atoms with Crippen molar-refractivity contribution in [2.45, 2.75) is 17.4 Å². The Balaban J connectivity index is 1.59. The number of rotatable bonds is 6. The Morgan fingerprint density at radius 3 is 2.60 bits per heavy atom. The van der Waals surface area contributed by atoms with Crippen molar-refractivity contribution in [2.24, 2.45) is 0 Å². The number of nitrogens with zero attached hydrogens (tertiary/aromatic N) is 2. The Morgan fingerprint density at radius 2 is 1.87 bits per heavy atom. The summed E-state index contributed by atoms with van der Waals surface area (Å²) >= 11 is 0. The quantitative estimate of drug-likeness (QED) is 0.752. The van der Waals surface area contributed by atoms with E-state index in [1.807, 2.05) is 6.07 Å². The molecule has 162 valence electrons. The van der Waals surface area contributed by atoms with Gasteiger partial charge in [-0.05, 0) is 35.7 Å². The van der Waals surface area contributed by atoms with Crippen LogP contribution in [0, 0.1) is 11.6 Å². The van der Waals surface area contributed by atoms with E-state index in [-0.39, 0.29) is 12.6 Å². The summed E-state index contributed by atoms with van der Waals surface area (Å²) in [5.41, 5.74) is 3.43. The fourth-order valence-corrected chi connectivity index (χ4v) is 5.20. The Kier molecular flexibility index (Phi) is 6.06. The Bertz CT molecular complexity index is 1030. The Morgan fingerprint density at radius 1 is 1.10 bits per heavy atom. The first-order valence-corrected chi connectivity index (χ1v) is 11.4. The summed E-state index contributed by atoms with van der Waals surface area (Å²) < 4.78 is 60.6. The number of halogens is 2. The molecule has 30 heavy (non-hydrogen) atoms. The van der Waals surface area contributed by atoms with Gasteiger partial charge in [0.15, 0.2) is 0 Å². The number of fused-ring (bicyclic) bond motifs is 1. The third-order valence-electron chi connectivity index (χ3n) is 5.75. The molecule has 2 aliphatic rings. The molecular formula is C21H25F2N3O3S. The van der Waals surface area contributed by atoms with Gasteiger partial charge in [0.1, 0.15) is 16.5 Å². The molecule has 2 heterocycles. The minimum Gasteiger partial charge on any atom is -0.379 e. The van der Waals surface area contributed by atoms with Crippen molar-refractivity contribution in [1.82, 2.24) is 9.62 Å². The normalized spacial score (nSPS) is 18.4. The standard InChI is InChI=1S/C21H25F2N3O3S/c1-25-7-6-16-12-15(2-4-19(16)25)20(26-8-10-29-11-9-26)14-24-30(27,28)21-5-3-17(22)13-18(21)23/h2-5,12-13,20,24H,6-11,14H2,1H3/t20-/m1/s1. The van der Waals surface area contributed by atoms with E-state index in [2.05, 4.69) is 33.7 Å². The highest BCUT2D eigenvalue weighted by Crippen LogP contribution is 2.31. The van der Waals surface area contributed by atoms with Crippen molar-refractivity contribution in [3.05, 3.63) is 59.2 Å². The largest absolute Gasteiger partial charge is 0.379 e. The van der Waals surface area contributed by atoms with Gasteiger partial charge in [-0.3, -0.25) is 4.90 Å². The van der Waals surface area contributed by atoms with Gasteiger partial charge in [-0.15, -0.1) is 0 Å². The first-order valence-electron chi connectivity index (χ1n) is 9.95. The van der Waals surface area contributed by atoms with Crippen molar-refractivity contribution in [2.75, 3.05) is 51.3 Å². The van der Waals surface area contributed by atoms with Gasteiger partial charge < -0.3 is 9.64 Å². The number of anilines is 1. The predicted octanol–water partition coefficient (Wildman–Crippen LogP) is 2.31. The molecule has 0 radical (unpaired) electrons. The number of benzene rings is 2. The molecule has 0 saturated carbocycles. The molecular weight excluding hydrogens is 412 g/mol. The molecule has 4 rings (SSSR count). The SMILES string of the molecule is CN1CCc2cc([C@@H](CNS(=O)(=O)c3ccc(F)cc3F)N3CCOCC3)ccc21. The van der Waals surface area contributed by atoms with Crippen LogP contribution in [0.15, 0.2) is 41.3 Å². The maximum atomic E-state index is 14.0. The minimum atomic E-state index is -4.13. The third kappa shape index (κ3) is 4.34. The lowest BCUT2D eigenvalue weighted by molar-refractivity contribution is 0.0172. The predicted molar refractivity (Wildman–Crippen MR) is 110 cm³/mol. The summed E-state index contributed by atoms with van der Waals surface area (Å²) in [6.07, 6.45) is 0.946. The van der Waals surface area contributed by atoms with Crippen LogP contribution in [0.2, 0.25) is 0 Å². The highest BCUT2D eigenvalue weighted by molar-refractivity contribution is 7.89. The lowest BCUT2D eigenvalue weighted by atomic mass is 10.0. The van der Waals surface area contributed by atoms with Crippen LogP contribution in [0.25, 0.3) is 0 Å². The maximum absolute atomic E-state index is 14.0. The van der Waals surface area contributed by atoms with Crippen LogP contribution in [-0.4, -0.2) is 59.8 Å². The molecule has 2 aromatic rings. The van der Waals surface area contributed by atoms with Crippen molar-refractivity contribution >= 4 is 15.7 Å². The van der Waals surface area contributed by atoms with E-state index in [9.17, 15) is 17.2 Å². The molecule has 1 fully saturated rings. The second-order valence-electron chi connectivity index (χ2n) is 7.65. The van der Waals surface area contributed by atoms with Crippen LogP contribution in [0.5, 0.6) is 0 Å². The second-order valence-corrected chi connectivity index (χ2v) is 9.39. The molecule has 6 nitrogen and oxygen atoms in total. The van der Waals surface area contributed by atoms with Gasteiger partial charge in [0, 0.05) is 51.0 Å². The van der Waals surface area contributed by atoms with Crippen LogP contribution in [0.4, 0.5) is 14.5 Å². The van der Waals surface area contributed by atoms with E-state index in [0.717, 1.165) is 30.7 Å². The summed E-state index contributed by atoms with van der Waals surface area (Å²) in [6.45, 7) is 3.53.